The Morgan fingerprint density at radius 3 is 2.83 bits per heavy atom. The summed E-state index contributed by atoms with van der Waals surface area (Å²) in [5.41, 5.74) is 0.132. The van der Waals surface area contributed by atoms with Gasteiger partial charge >= 0.3 is 0 Å². The van der Waals surface area contributed by atoms with Crippen LogP contribution in [0, 0.1) is 5.92 Å². The number of nitrogens with one attached hydrogen (secondary N) is 1. The van der Waals surface area contributed by atoms with E-state index >= 15 is 0 Å². The van der Waals surface area contributed by atoms with Crippen molar-refractivity contribution in [2.45, 2.75) is 13.8 Å². The van der Waals surface area contributed by atoms with Gasteiger partial charge in [-0.2, -0.15) is 0 Å². The number of nitrogens with zero attached hydrogens (tertiary/aromatic N) is 1. The molecular formula is C12H16Cl2N2O2. The Morgan fingerprint density at radius 1 is 1.44 bits per heavy atom. The predicted molar refractivity (Wildman–Crippen MR) is 72.2 cm³/mol. The first-order valence-electron chi connectivity index (χ1n) is 5.68. The minimum atomic E-state index is -0.351. The fourth-order valence-electron chi connectivity index (χ4n) is 1.22. The molecule has 1 aromatic rings. The molecule has 1 aromatic heterocycles. The average molecular weight is 291 g/mol. The van der Waals surface area contributed by atoms with E-state index in [-0.39, 0.29) is 21.8 Å². The first kappa shape index (κ1) is 15.2. The van der Waals surface area contributed by atoms with Crippen LogP contribution in [0.25, 0.3) is 0 Å². The third kappa shape index (κ3) is 5.21. The lowest BCUT2D eigenvalue weighted by Crippen LogP contribution is -2.28. The largest absolute Gasteiger partial charge is 0.379 e. The summed E-state index contributed by atoms with van der Waals surface area (Å²) in [6.07, 6.45) is 0. The molecule has 0 spiro atoms. The van der Waals surface area contributed by atoms with Gasteiger partial charge in [0.1, 0.15) is 10.8 Å². The number of halogens is 2. The van der Waals surface area contributed by atoms with Gasteiger partial charge in [-0.05, 0) is 18.1 Å². The summed E-state index contributed by atoms with van der Waals surface area (Å²) in [6, 6.07) is 3.08. The van der Waals surface area contributed by atoms with Gasteiger partial charge in [0.05, 0.1) is 11.6 Å². The van der Waals surface area contributed by atoms with E-state index in [0.29, 0.717) is 25.7 Å². The Hall–Kier alpha value is -0.840. The summed E-state index contributed by atoms with van der Waals surface area (Å²) >= 11 is 11.6. The topological polar surface area (TPSA) is 51.2 Å². The van der Waals surface area contributed by atoms with Crippen LogP contribution in [0.5, 0.6) is 0 Å². The van der Waals surface area contributed by atoms with Crippen molar-refractivity contribution in [2.75, 3.05) is 19.8 Å². The number of aromatic nitrogens is 1. The third-order valence-corrected chi connectivity index (χ3v) is 2.53. The predicted octanol–water partition coefficient (Wildman–Crippen LogP) is 2.79. The number of amides is 1. The third-order valence-electron chi connectivity index (χ3n) is 2.01. The molecule has 0 bridgehead atoms. The fraction of sp³-hybridized carbons (Fsp3) is 0.500. The first-order valence-corrected chi connectivity index (χ1v) is 6.44. The molecule has 1 heterocycles. The average Bonchev–Trinajstić information content (AvgIpc) is 2.31. The Balaban J connectivity index is 2.39. The lowest BCUT2D eigenvalue weighted by atomic mass is 10.2. The highest BCUT2D eigenvalue weighted by atomic mass is 35.5. The molecule has 6 heteroatoms. The summed E-state index contributed by atoms with van der Waals surface area (Å²) in [7, 11) is 0. The summed E-state index contributed by atoms with van der Waals surface area (Å²) in [6.45, 7) is 5.67. The zero-order valence-electron chi connectivity index (χ0n) is 10.4. The van der Waals surface area contributed by atoms with Gasteiger partial charge in [0.25, 0.3) is 5.91 Å². The van der Waals surface area contributed by atoms with Crippen molar-refractivity contribution < 1.29 is 9.53 Å². The second kappa shape index (κ2) is 7.56. The van der Waals surface area contributed by atoms with Crippen molar-refractivity contribution in [1.29, 1.82) is 0 Å². The van der Waals surface area contributed by atoms with Crippen molar-refractivity contribution >= 4 is 29.1 Å². The van der Waals surface area contributed by atoms with E-state index in [4.69, 9.17) is 27.9 Å². The number of pyridine rings is 1. The van der Waals surface area contributed by atoms with Gasteiger partial charge in [0.2, 0.25) is 0 Å². The molecule has 0 atom stereocenters. The zero-order chi connectivity index (χ0) is 13.5. The van der Waals surface area contributed by atoms with Crippen LogP contribution in [0.2, 0.25) is 10.2 Å². The summed E-state index contributed by atoms with van der Waals surface area (Å²) < 4.78 is 5.34. The van der Waals surface area contributed by atoms with E-state index in [9.17, 15) is 4.79 Å². The number of ether oxygens (including phenoxy) is 1. The highest BCUT2D eigenvalue weighted by Crippen LogP contribution is 2.16. The van der Waals surface area contributed by atoms with E-state index < -0.39 is 0 Å². The molecule has 4 nitrogen and oxygen atoms in total. The molecule has 0 saturated heterocycles. The summed E-state index contributed by atoms with van der Waals surface area (Å²) in [4.78, 5) is 15.6. The van der Waals surface area contributed by atoms with Crippen LogP contribution in [-0.2, 0) is 4.74 Å². The highest BCUT2D eigenvalue weighted by Gasteiger charge is 2.12. The monoisotopic (exact) mass is 290 g/mol. The normalized spacial score (nSPS) is 10.7. The SMILES string of the molecule is CC(C)COCCNC(=O)c1nc(Cl)ccc1Cl. The van der Waals surface area contributed by atoms with E-state index in [2.05, 4.69) is 24.1 Å². The number of hydrogen-bond acceptors (Lipinski definition) is 3. The van der Waals surface area contributed by atoms with Crippen LogP contribution >= 0.6 is 23.2 Å². The van der Waals surface area contributed by atoms with Gasteiger partial charge in [-0.15, -0.1) is 0 Å². The molecule has 0 aliphatic carbocycles. The molecule has 100 valence electrons. The second-order valence-electron chi connectivity index (χ2n) is 4.19. The van der Waals surface area contributed by atoms with Gasteiger partial charge in [0, 0.05) is 13.2 Å². The molecular weight excluding hydrogens is 275 g/mol. The standard InChI is InChI=1S/C12H16Cl2N2O2/c1-8(2)7-18-6-5-15-12(17)11-9(13)3-4-10(14)16-11/h3-4,8H,5-7H2,1-2H3,(H,15,17). The van der Waals surface area contributed by atoms with Crippen LogP contribution in [0.3, 0.4) is 0 Å². The maximum Gasteiger partial charge on any atom is 0.271 e. The molecule has 1 amide bonds. The number of carbonyl (C=O) groups is 1. The Morgan fingerprint density at radius 2 is 2.17 bits per heavy atom. The van der Waals surface area contributed by atoms with Crippen LogP contribution < -0.4 is 5.32 Å². The molecule has 0 saturated carbocycles. The quantitative estimate of drug-likeness (QED) is 0.647. The molecule has 1 rings (SSSR count). The van der Waals surface area contributed by atoms with E-state index in [1.54, 1.807) is 6.07 Å². The molecule has 0 fully saturated rings. The Labute approximate surface area is 117 Å². The lowest BCUT2D eigenvalue weighted by Gasteiger charge is -2.08. The minimum absolute atomic E-state index is 0.132. The van der Waals surface area contributed by atoms with Gasteiger partial charge < -0.3 is 10.1 Å². The van der Waals surface area contributed by atoms with E-state index in [1.807, 2.05) is 0 Å². The molecule has 18 heavy (non-hydrogen) atoms. The van der Waals surface area contributed by atoms with E-state index in [0.717, 1.165) is 0 Å². The van der Waals surface area contributed by atoms with Crippen LogP contribution in [0.15, 0.2) is 12.1 Å². The molecule has 0 unspecified atom stereocenters. The van der Waals surface area contributed by atoms with Gasteiger partial charge in [-0.25, -0.2) is 4.98 Å². The molecule has 0 radical (unpaired) electrons. The fourth-order valence-corrected chi connectivity index (χ4v) is 1.56. The maximum atomic E-state index is 11.7. The van der Waals surface area contributed by atoms with Gasteiger partial charge in [0.15, 0.2) is 0 Å². The van der Waals surface area contributed by atoms with Crippen molar-refractivity contribution in [3.63, 3.8) is 0 Å². The maximum absolute atomic E-state index is 11.7. The molecule has 0 aliphatic rings. The van der Waals surface area contributed by atoms with Crippen LogP contribution in [0.1, 0.15) is 24.3 Å². The minimum Gasteiger partial charge on any atom is -0.379 e. The summed E-state index contributed by atoms with van der Waals surface area (Å²) in [5.74, 6) is 0.125. The van der Waals surface area contributed by atoms with Crippen molar-refractivity contribution in [1.82, 2.24) is 10.3 Å². The smallest absolute Gasteiger partial charge is 0.271 e. The Kier molecular flexibility index (Phi) is 6.39. The summed E-state index contributed by atoms with van der Waals surface area (Å²) in [5, 5.41) is 3.19. The number of rotatable bonds is 6. The van der Waals surface area contributed by atoms with Crippen molar-refractivity contribution in [3.8, 4) is 0 Å². The van der Waals surface area contributed by atoms with Crippen molar-refractivity contribution in [2.24, 2.45) is 5.92 Å². The van der Waals surface area contributed by atoms with Gasteiger partial charge in [-0.1, -0.05) is 37.0 Å². The number of carbonyl (C=O) groups excluding carboxylic acids is 1. The van der Waals surface area contributed by atoms with Crippen LogP contribution in [-0.4, -0.2) is 30.6 Å². The van der Waals surface area contributed by atoms with Gasteiger partial charge in [-0.3, -0.25) is 4.79 Å². The van der Waals surface area contributed by atoms with Crippen molar-refractivity contribution in [3.05, 3.63) is 28.0 Å². The first-order chi connectivity index (χ1) is 8.50. The lowest BCUT2D eigenvalue weighted by molar-refractivity contribution is 0.0882. The number of hydrogen-bond donors (Lipinski definition) is 1. The highest BCUT2D eigenvalue weighted by molar-refractivity contribution is 6.34. The zero-order valence-corrected chi connectivity index (χ0v) is 11.9. The second-order valence-corrected chi connectivity index (χ2v) is 4.98. The molecule has 0 aliphatic heterocycles. The Bertz CT molecular complexity index is 411. The van der Waals surface area contributed by atoms with Crippen LogP contribution in [0.4, 0.5) is 0 Å². The molecule has 1 N–H and O–H groups in total. The molecule has 0 aromatic carbocycles. The van der Waals surface area contributed by atoms with E-state index in [1.165, 1.54) is 6.07 Å².